The summed E-state index contributed by atoms with van der Waals surface area (Å²) in [5, 5.41) is 8.16. The lowest BCUT2D eigenvalue weighted by molar-refractivity contribution is -0.148. The summed E-state index contributed by atoms with van der Waals surface area (Å²) in [6, 6.07) is 7.60. The molecule has 0 aliphatic heterocycles. The molecule has 2 aromatic rings. The lowest BCUT2D eigenvalue weighted by Gasteiger charge is -2.16. The minimum absolute atomic E-state index is 0.0537. The van der Waals surface area contributed by atoms with E-state index < -0.39 is 0 Å². The quantitative estimate of drug-likeness (QED) is 0.709. The van der Waals surface area contributed by atoms with Crippen molar-refractivity contribution in [2.24, 2.45) is 11.8 Å². The molecule has 1 aromatic heterocycles. The van der Waals surface area contributed by atoms with Gasteiger partial charge in [0.15, 0.2) is 5.13 Å². The first kappa shape index (κ1) is 19.6. The van der Waals surface area contributed by atoms with Crippen molar-refractivity contribution in [3.63, 3.8) is 0 Å². The summed E-state index contributed by atoms with van der Waals surface area (Å²) < 4.78 is 4.82. The predicted molar refractivity (Wildman–Crippen MR) is 110 cm³/mol. The Morgan fingerprint density at radius 2 is 1.79 bits per heavy atom. The van der Waals surface area contributed by atoms with Crippen LogP contribution < -0.4 is 10.6 Å². The molecule has 2 aliphatic rings. The number of nitrogens with zero attached hydrogens (tertiary/aromatic N) is 1. The van der Waals surface area contributed by atoms with Crippen molar-refractivity contribution in [2.75, 3.05) is 12.4 Å². The standard InChI is InChI=1S/C21H23N3O4S/c1-28-20(27)16-4-2-3-15(16)19(26)24-21-23-17(11-29-21)12-5-7-13(8-6-12)18(25)22-14-9-10-14/h5-8,11,14-16H,2-4,9-10H2,1H3,(H,22,25)(H,23,24,26)/t15-,16+/m0/s1. The number of benzene rings is 1. The van der Waals surface area contributed by atoms with Crippen LogP contribution in [0, 0.1) is 11.8 Å². The van der Waals surface area contributed by atoms with Gasteiger partial charge in [-0.2, -0.15) is 0 Å². The van der Waals surface area contributed by atoms with Crippen LogP contribution in [0.1, 0.15) is 42.5 Å². The first-order valence-corrected chi connectivity index (χ1v) is 10.7. The van der Waals surface area contributed by atoms with Gasteiger partial charge in [-0.05, 0) is 37.8 Å². The van der Waals surface area contributed by atoms with Crippen molar-refractivity contribution in [1.29, 1.82) is 0 Å². The maximum Gasteiger partial charge on any atom is 0.309 e. The molecule has 29 heavy (non-hydrogen) atoms. The normalized spacial score (nSPS) is 20.9. The Morgan fingerprint density at radius 1 is 1.07 bits per heavy atom. The van der Waals surface area contributed by atoms with Gasteiger partial charge in [0.05, 0.1) is 24.6 Å². The fourth-order valence-corrected chi connectivity index (χ4v) is 4.38. The number of thiazole rings is 1. The summed E-state index contributed by atoms with van der Waals surface area (Å²) in [6.07, 6.45) is 4.29. The number of methoxy groups -OCH3 is 1. The third-order valence-electron chi connectivity index (χ3n) is 5.45. The van der Waals surface area contributed by atoms with Crippen LogP contribution in [0.25, 0.3) is 11.3 Å². The molecule has 8 heteroatoms. The zero-order chi connectivity index (χ0) is 20.4. The second kappa shape index (κ2) is 8.32. The van der Waals surface area contributed by atoms with Crippen molar-refractivity contribution in [2.45, 2.75) is 38.1 Å². The highest BCUT2D eigenvalue weighted by atomic mass is 32.1. The molecular weight excluding hydrogens is 390 g/mol. The molecule has 2 atom stereocenters. The Morgan fingerprint density at radius 3 is 2.48 bits per heavy atom. The van der Waals surface area contributed by atoms with Gasteiger partial charge in [0.2, 0.25) is 5.91 Å². The summed E-state index contributed by atoms with van der Waals surface area (Å²) in [6.45, 7) is 0. The number of hydrogen-bond donors (Lipinski definition) is 2. The van der Waals surface area contributed by atoms with Crippen LogP contribution in [0.3, 0.4) is 0 Å². The van der Waals surface area contributed by atoms with Gasteiger partial charge in [0, 0.05) is 22.5 Å². The molecule has 2 saturated carbocycles. The van der Waals surface area contributed by atoms with Crippen molar-refractivity contribution in [3.8, 4) is 11.3 Å². The summed E-state index contributed by atoms with van der Waals surface area (Å²) in [4.78, 5) is 41.0. The maximum absolute atomic E-state index is 12.6. The first-order chi connectivity index (χ1) is 14.0. The molecule has 4 rings (SSSR count). The van der Waals surface area contributed by atoms with Crippen molar-refractivity contribution in [1.82, 2.24) is 10.3 Å². The average molecular weight is 413 g/mol. The van der Waals surface area contributed by atoms with E-state index in [-0.39, 0.29) is 29.6 Å². The summed E-state index contributed by atoms with van der Waals surface area (Å²) >= 11 is 1.34. The fraction of sp³-hybridized carbons (Fsp3) is 0.429. The minimum atomic E-state index is -0.381. The lowest BCUT2D eigenvalue weighted by atomic mass is 9.95. The number of esters is 1. The molecule has 2 amide bonds. The highest BCUT2D eigenvalue weighted by Gasteiger charge is 2.38. The number of nitrogens with one attached hydrogen (secondary N) is 2. The number of ether oxygens (including phenoxy) is 1. The van der Waals surface area contributed by atoms with Crippen molar-refractivity contribution in [3.05, 3.63) is 35.2 Å². The Labute approximate surface area is 172 Å². The van der Waals surface area contributed by atoms with E-state index in [0.29, 0.717) is 29.6 Å². The number of carbonyl (C=O) groups is 3. The lowest BCUT2D eigenvalue weighted by Crippen LogP contribution is -2.30. The minimum Gasteiger partial charge on any atom is -0.469 e. The number of aromatic nitrogens is 1. The van der Waals surface area contributed by atoms with E-state index in [4.69, 9.17) is 4.74 Å². The monoisotopic (exact) mass is 413 g/mol. The Kier molecular flexibility index (Phi) is 5.62. The van der Waals surface area contributed by atoms with E-state index in [2.05, 4.69) is 15.6 Å². The van der Waals surface area contributed by atoms with Gasteiger partial charge in [-0.25, -0.2) is 4.98 Å². The molecule has 1 aromatic carbocycles. The topological polar surface area (TPSA) is 97.4 Å². The maximum atomic E-state index is 12.6. The smallest absolute Gasteiger partial charge is 0.309 e. The molecule has 1 heterocycles. The Hall–Kier alpha value is -2.74. The van der Waals surface area contributed by atoms with E-state index in [9.17, 15) is 14.4 Å². The van der Waals surface area contributed by atoms with Crippen LogP contribution in [0.2, 0.25) is 0 Å². The number of rotatable bonds is 6. The molecule has 0 radical (unpaired) electrons. The van der Waals surface area contributed by atoms with E-state index in [1.807, 2.05) is 17.5 Å². The number of amides is 2. The zero-order valence-electron chi connectivity index (χ0n) is 16.1. The highest BCUT2D eigenvalue weighted by Crippen LogP contribution is 2.34. The Balaban J connectivity index is 1.39. The van der Waals surface area contributed by atoms with Crippen molar-refractivity contribution < 1.29 is 19.1 Å². The second-order valence-electron chi connectivity index (χ2n) is 7.52. The van der Waals surface area contributed by atoms with Crippen LogP contribution in [0.4, 0.5) is 5.13 Å². The predicted octanol–water partition coefficient (Wildman–Crippen LogP) is 3.23. The van der Waals surface area contributed by atoms with Gasteiger partial charge in [-0.3, -0.25) is 14.4 Å². The third kappa shape index (κ3) is 4.48. The Bertz CT molecular complexity index is 920. The van der Waals surface area contributed by atoms with Crippen LogP contribution in [-0.4, -0.2) is 35.9 Å². The summed E-state index contributed by atoms with van der Waals surface area (Å²) in [5.74, 6) is -1.32. The summed E-state index contributed by atoms with van der Waals surface area (Å²) in [7, 11) is 1.35. The molecule has 2 N–H and O–H groups in total. The van der Waals surface area contributed by atoms with Gasteiger partial charge in [0.25, 0.3) is 5.91 Å². The molecule has 2 aliphatic carbocycles. The average Bonchev–Trinajstić information content (AvgIpc) is 3.21. The van der Waals surface area contributed by atoms with Crippen LogP contribution >= 0.6 is 11.3 Å². The van der Waals surface area contributed by atoms with E-state index in [1.54, 1.807) is 12.1 Å². The number of hydrogen-bond acceptors (Lipinski definition) is 6. The second-order valence-corrected chi connectivity index (χ2v) is 8.38. The zero-order valence-corrected chi connectivity index (χ0v) is 17.0. The molecule has 0 saturated heterocycles. The third-order valence-corrected chi connectivity index (χ3v) is 6.20. The van der Waals surface area contributed by atoms with Crippen LogP contribution in [0.5, 0.6) is 0 Å². The van der Waals surface area contributed by atoms with Crippen LogP contribution in [0.15, 0.2) is 29.6 Å². The molecule has 0 unspecified atom stereocenters. The van der Waals surface area contributed by atoms with E-state index in [1.165, 1.54) is 18.4 Å². The molecule has 7 nitrogen and oxygen atoms in total. The molecule has 0 spiro atoms. The van der Waals surface area contributed by atoms with E-state index >= 15 is 0 Å². The number of carbonyl (C=O) groups excluding carboxylic acids is 3. The van der Waals surface area contributed by atoms with Gasteiger partial charge in [0.1, 0.15) is 0 Å². The van der Waals surface area contributed by atoms with Gasteiger partial charge in [-0.15, -0.1) is 11.3 Å². The SMILES string of the molecule is COC(=O)[C@@H]1CCC[C@@H]1C(=O)Nc1nc(-c2ccc(C(=O)NC3CC3)cc2)cs1. The molecule has 2 fully saturated rings. The van der Waals surface area contributed by atoms with Crippen LogP contribution in [-0.2, 0) is 14.3 Å². The largest absolute Gasteiger partial charge is 0.469 e. The van der Waals surface area contributed by atoms with Gasteiger partial charge >= 0.3 is 5.97 Å². The molecule has 152 valence electrons. The highest BCUT2D eigenvalue weighted by molar-refractivity contribution is 7.14. The molecular formula is C21H23N3O4S. The molecule has 0 bridgehead atoms. The summed E-state index contributed by atoms with van der Waals surface area (Å²) in [5.41, 5.74) is 2.23. The van der Waals surface area contributed by atoms with E-state index in [0.717, 1.165) is 30.5 Å². The fourth-order valence-electron chi connectivity index (χ4n) is 3.66. The van der Waals surface area contributed by atoms with Gasteiger partial charge < -0.3 is 15.4 Å². The number of anilines is 1. The van der Waals surface area contributed by atoms with Crippen molar-refractivity contribution >= 4 is 34.3 Å². The first-order valence-electron chi connectivity index (χ1n) is 9.80. The van der Waals surface area contributed by atoms with Gasteiger partial charge in [-0.1, -0.05) is 18.6 Å².